The first-order chi connectivity index (χ1) is 8.67. The van der Waals surface area contributed by atoms with Crippen LogP contribution in [-0.4, -0.2) is 54.2 Å². The molecule has 1 amide bonds. The van der Waals surface area contributed by atoms with E-state index in [4.69, 9.17) is 10.5 Å². The Balaban J connectivity index is 2.54. The maximum Gasteiger partial charge on any atom is 0.234 e. The molecule has 1 saturated heterocycles. The fraction of sp³-hybridized carbons (Fsp3) is 0.929. The summed E-state index contributed by atoms with van der Waals surface area (Å²) in [6.45, 7) is 12.6. The predicted octanol–water partition coefficient (Wildman–Crippen LogP) is 0.729. The van der Waals surface area contributed by atoms with Crippen molar-refractivity contribution < 1.29 is 9.53 Å². The second-order valence-electron chi connectivity index (χ2n) is 6.69. The highest BCUT2D eigenvalue weighted by Crippen LogP contribution is 2.20. The van der Waals surface area contributed by atoms with Crippen molar-refractivity contribution in [3.63, 3.8) is 0 Å². The zero-order valence-electron chi connectivity index (χ0n) is 13.0. The molecule has 1 aliphatic heterocycles. The number of nitrogens with one attached hydrogen (secondary N) is 1. The third-order valence-corrected chi connectivity index (χ3v) is 3.54. The number of hydrogen-bond donors (Lipinski definition) is 2. The first kappa shape index (κ1) is 16.4. The van der Waals surface area contributed by atoms with Crippen molar-refractivity contribution in [1.82, 2.24) is 10.2 Å². The van der Waals surface area contributed by atoms with E-state index in [0.29, 0.717) is 13.1 Å². The summed E-state index contributed by atoms with van der Waals surface area (Å²) in [4.78, 5) is 14.2. The van der Waals surface area contributed by atoms with E-state index < -0.39 is 0 Å². The van der Waals surface area contributed by atoms with Crippen LogP contribution < -0.4 is 11.1 Å². The molecule has 112 valence electrons. The SMILES string of the molecule is CCC(C)(C)NC(=O)CN1CC(CN)OC(C)(C)C1. The number of nitrogens with zero attached hydrogens (tertiary/aromatic N) is 1. The first-order valence-electron chi connectivity index (χ1n) is 7.09. The Morgan fingerprint density at radius 2 is 2.16 bits per heavy atom. The molecule has 0 bridgehead atoms. The van der Waals surface area contributed by atoms with Gasteiger partial charge in [-0.25, -0.2) is 0 Å². The number of ether oxygens (including phenoxy) is 1. The number of carbonyl (C=O) groups excluding carboxylic acids is 1. The van der Waals surface area contributed by atoms with Gasteiger partial charge >= 0.3 is 0 Å². The highest BCUT2D eigenvalue weighted by atomic mass is 16.5. The van der Waals surface area contributed by atoms with E-state index in [1.165, 1.54) is 0 Å². The van der Waals surface area contributed by atoms with E-state index >= 15 is 0 Å². The molecule has 0 radical (unpaired) electrons. The molecule has 1 fully saturated rings. The fourth-order valence-electron chi connectivity index (χ4n) is 2.37. The van der Waals surface area contributed by atoms with Crippen LogP contribution >= 0.6 is 0 Å². The number of nitrogens with two attached hydrogens (primary N) is 1. The molecule has 1 aliphatic rings. The van der Waals surface area contributed by atoms with Gasteiger partial charge in [-0.3, -0.25) is 9.69 Å². The Bertz CT molecular complexity index is 316. The van der Waals surface area contributed by atoms with Crippen LogP contribution in [0.15, 0.2) is 0 Å². The van der Waals surface area contributed by atoms with Crippen molar-refractivity contribution in [3.8, 4) is 0 Å². The second-order valence-corrected chi connectivity index (χ2v) is 6.69. The van der Waals surface area contributed by atoms with Gasteiger partial charge in [0.05, 0.1) is 18.2 Å². The molecule has 0 spiro atoms. The predicted molar refractivity (Wildman–Crippen MR) is 77.0 cm³/mol. The van der Waals surface area contributed by atoms with Gasteiger partial charge in [0.1, 0.15) is 0 Å². The molecule has 1 heterocycles. The molecule has 3 N–H and O–H groups in total. The Labute approximate surface area is 116 Å². The Morgan fingerprint density at radius 1 is 1.53 bits per heavy atom. The van der Waals surface area contributed by atoms with Crippen molar-refractivity contribution in [1.29, 1.82) is 0 Å². The zero-order chi connectivity index (χ0) is 14.7. The molecule has 5 heteroatoms. The lowest BCUT2D eigenvalue weighted by Gasteiger charge is -2.42. The van der Waals surface area contributed by atoms with E-state index in [2.05, 4.69) is 17.1 Å². The first-order valence-corrected chi connectivity index (χ1v) is 7.09. The summed E-state index contributed by atoms with van der Waals surface area (Å²) in [5.74, 6) is 0.0697. The van der Waals surface area contributed by atoms with E-state index in [-0.39, 0.29) is 23.2 Å². The van der Waals surface area contributed by atoms with Gasteiger partial charge in [0.2, 0.25) is 5.91 Å². The maximum atomic E-state index is 12.1. The molecular weight excluding hydrogens is 242 g/mol. The van der Waals surface area contributed by atoms with Gasteiger partial charge in [-0.05, 0) is 34.1 Å². The number of hydrogen-bond acceptors (Lipinski definition) is 4. The third kappa shape index (κ3) is 5.47. The lowest BCUT2D eigenvalue weighted by Crippen LogP contribution is -2.57. The molecule has 5 nitrogen and oxygen atoms in total. The standard InChI is InChI=1S/C14H29N3O2/c1-6-13(2,3)16-12(18)9-17-8-11(7-15)19-14(4,5)10-17/h11H,6-10,15H2,1-5H3,(H,16,18). The van der Waals surface area contributed by atoms with Crippen LogP contribution in [0.4, 0.5) is 0 Å². The highest BCUT2D eigenvalue weighted by molar-refractivity contribution is 5.78. The van der Waals surface area contributed by atoms with Crippen molar-refractivity contribution in [2.45, 2.75) is 58.3 Å². The lowest BCUT2D eigenvalue weighted by molar-refractivity contribution is -0.142. The summed E-state index contributed by atoms with van der Waals surface area (Å²) in [5.41, 5.74) is 5.29. The van der Waals surface area contributed by atoms with Gasteiger partial charge in [-0.1, -0.05) is 6.92 Å². The minimum Gasteiger partial charge on any atom is -0.368 e. The van der Waals surface area contributed by atoms with Gasteiger partial charge in [0.25, 0.3) is 0 Å². The lowest BCUT2D eigenvalue weighted by atomic mass is 10.0. The van der Waals surface area contributed by atoms with Crippen LogP contribution in [0.2, 0.25) is 0 Å². The second kappa shape index (κ2) is 6.20. The van der Waals surface area contributed by atoms with E-state index in [1.807, 2.05) is 27.7 Å². The number of carbonyl (C=O) groups is 1. The Kier molecular flexibility index (Phi) is 5.35. The van der Waals surface area contributed by atoms with Gasteiger partial charge in [-0.15, -0.1) is 0 Å². The average molecular weight is 271 g/mol. The maximum absolute atomic E-state index is 12.1. The van der Waals surface area contributed by atoms with Gasteiger partial charge < -0.3 is 15.8 Å². The summed E-state index contributed by atoms with van der Waals surface area (Å²) in [6.07, 6.45) is 0.925. The Morgan fingerprint density at radius 3 is 2.68 bits per heavy atom. The highest BCUT2D eigenvalue weighted by Gasteiger charge is 2.33. The number of morpholine rings is 1. The van der Waals surface area contributed by atoms with Crippen molar-refractivity contribution in [3.05, 3.63) is 0 Å². The minimum atomic E-state index is -0.247. The molecule has 0 aliphatic carbocycles. The van der Waals surface area contributed by atoms with Crippen LogP contribution in [0.1, 0.15) is 41.0 Å². The molecule has 0 aromatic rings. The molecule has 1 atom stereocenters. The van der Waals surface area contributed by atoms with Crippen LogP contribution in [0.25, 0.3) is 0 Å². The van der Waals surface area contributed by atoms with Gasteiger partial charge in [-0.2, -0.15) is 0 Å². The third-order valence-electron chi connectivity index (χ3n) is 3.54. The molecule has 1 unspecified atom stereocenters. The van der Waals surface area contributed by atoms with Crippen LogP contribution in [0, 0.1) is 0 Å². The fourth-order valence-corrected chi connectivity index (χ4v) is 2.37. The molecule has 1 rings (SSSR count). The zero-order valence-corrected chi connectivity index (χ0v) is 13.0. The van der Waals surface area contributed by atoms with Crippen molar-refractivity contribution in [2.24, 2.45) is 5.73 Å². The summed E-state index contributed by atoms with van der Waals surface area (Å²) in [5, 5.41) is 3.06. The molecule has 0 saturated carbocycles. The van der Waals surface area contributed by atoms with Crippen LogP contribution in [0.3, 0.4) is 0 Å². The number of amides is 1. The number of rotatable bonds is 5. The summed E-state index contributed by atoms with van der Waals surface area (Å²) in [7, 11) is 0. The molecular formula is C14H29N3O2. The topological polar surface area (TPSA) is 67.6 Å². The van der Waals surface area contributed by atoms with E-state index in [9.17, 15) is 4.79 Å². The normalized spacial score (nSPS) is 24.2. The smallest absolute Gasteiger partial charge is 0.234 e. The largest absolute Gasteiger partial charge is 0.368 e. The summed E-state index contributed by atoms with van der Waals surface area (Å²) < 4.78 is 5.86. The molecule has 0 aromatic heterocycles. The van der Waals surface area contributed by atoms with Crippen molar-refractivity contribution in [2.75, 3.05) is 26.2 Å². The average Bonchev–Trinajstić information content (AvgIpc) is 2.25. The van der Waals surface area contributed by atoms with Gasteiger partial charge in [0, 0.05) is 25.2 Å². The monoisotopic (exact) mass is 271 g/mol. The van der Waals surface area contributed by atoms with Crippen LogP contribution in [0.5, 0.6) is 0 Å². The van der Waals surface area contributed by atoms with Crippen LogP contribution in [-0.2, 0) is 9.53 Å². The Hall–Kier alpha value is -0.650. The van der Waals surface area contributed by atoms with E-state index in [0.717, 1.165) is 19.5 Å². The van der Waals surface area contributed by atoms with Crippen molar-refractivity contribution >= 4 is 5.91 Å². The summed E-state index contributed by atoms with van der Waals surface area (Å²) >= 11 is 0. The molecule has 19 heavy (non-hydrogen) atoms. The van der Waals surface area contributed by atoms with E-state index in [1.54, 1.807) is 0 Å². The summed E-state index contributed by atoms with van der Waals surface area (Å²) in [6, 6.07) is 0. The van der Waals surface area contributed by atoms with Gasteiger partial charge in [0.15, 0.2) is 0 Å². The molecule has 0 aromatic carbocycles. The minimum absolute atomic E-state index is 0.00994. The quantitative estimate of drug-likeness (QED) is 0.773.